The predicted octanol–water partition coefficient (Wildman–Crippen LogP) is 20.1. The Morgan fingerprint density at radius 2 is 0.535 bits per heavy atom. The van der Waals surface area contributed by atoms with Crippen molar-refractivity contribution in [2.45, 2.75) is 284 Å². The van der Waals surface area contributed by atoms with Gasteiger partial charge in [-0.25, -0.2) is 0 Å². The zero-order chi connectivity index (χ0) is 51.4. The first-order chi connectivity index (χ1) is 35.0. The summed E-state index contributed by atoms with van der Waals surface area (Å²) in [5, 5.41) is 0. The van der Waals surface area contributed by atoms with Crippen LogP contribution < -0.4 is 0 Å². The molecule has 0 spiro atoms. The van der Waals surface area contributed by atoms with Crippen LogP contribution in [0.3, 0.4) is 0 Å². The van der Waals surface area contributed by atoms with Crippen molar-refractivity contribution < 1.29 is 28.6 Å². The Morgan fingerprint density at radius 3 is 0.915 bits per heavy atom. The monoisotopic (exact) mass is 987 g/mol. The minimum atomic E-state index is -0.816. The highest BCUT2D eigenvalue weighted by Gasteiger charge is 2.19. The van der Waals surface area contributed by atoms with E-state index in [-0.39, 0.29) is 37.5 Å². The second kappa shape index (κ2) is 58.9. The van der Waals surface area contributed by atoms with Gasteiger partial charge in [0.25, 0.3) is 0 Å². The third-order valence-corrected chi connectivity index (χ3v) is 12.5. The summed E-state index contributed by atoms with van der Waals surface area (Å²) in [6.07, 6.45) is 78.3. The Labute approximate surface area is 438 Å². The highest BCUT2D eigenvalue weighted by molar-refractivity contribution is 5.71. The van der Waals surface area contributed by atoms with Crippen LogP contribution >= 0.6 is 0 Å². The Balaban J connectivity index is 4.51. The first-order valence-electron chi connectivity index (χ1n) is 29.7. The van der Waals surface area contributed by atoms with Crippen LogP contribution in [0.25, 0.3) is 0 Å². The molecule has 0 aromatic carbocycles. The van der Waals surface area contributed by atoms with Gasteiger partial charge in [-0.2, -0.15) is 0 Å². The molecule has 6 heteroatoms. The Morgan fingerprint density at radius 1 is 0.282 bits per heavy atom. The number of hydrogen-bond acceptors (Lipinski definition) is 6. The minimum absolute atomic E-state index is 0.109. The van der Waals surface area contributed by atoms with Gasteiger partial charge in [-0.05, 0) is 116 Å². The summed E-state index contributed by atoms with van der Waals surface area (Å²) in [7, 11) is 0. The SMILES string of the molecule is CCCCC/C=C\C/C=C\C/C=C\C/C=C\C/C=C\CCC(=O)OC[C@H](COC(=O)CCCCCCC/C=C\C/C=C\CCCCC)OC(=O)CCCCCCCCCCC/C=C\CCCCCCCC. The van der Waals surface area contributed by atoms with Crippen LogP contribution in [0.4, 0.5) is 0 Å². The fourth-order valence-corrected chi connectivity index (χ4v) is 8.04. The number of rotatable bonds is 53. The van der Waals surface area contributed by atoms with E-state index in [1.807, 2.05) is 6.08 Å². The van der Waals surface area contributed by atoms with Crippen molar-refractivity contribution in [3.05, 3.63) is 97.2 Å². The highest BCUT2D eigenvalue weighted by Crippen LogP contribution is 2.15. The van der Waals surface area contributed by atoms with Crippen molar-refractivity contribution in [3.63, 3.8) is 0 Å². The van der Waals surface area contributed by atoms with E-state index in [0.717, 1.165) is 89.9 Å². The second-order valence-electron chi connectivity index (χ2n) is 19.5. The number of esters is 3. The van der Waals surface area contributed by atoms with Crippen molar-refractivity contribution in [3.8, 4) is 0 Å². The van der Waals surface area contributed by atoms with E-state index >= 15 is 0 Å². The van der Waals surface area contributed by atoms with Crippen molar-refractivity contribution in [1.29, 1.82) is 0 Å². The van der Waals surface area contributed by atoms with Crippen LogP contribution in [0.5, 0.6) is 0 Å². The molecule has 0 saturated carbocycles. The van der Waals surface area contributed by atoms with Crippen LogP contribution in [0.2, 0.25) is 0 Å². The zero-order valence-electron chi connectivity index (χ0n) is 46.5. The number of ether oxygens (including phenoxy) is 3. The van der Waals surface area contributed by atoms with Gasteiger partial charge in [-0.3, -0.25) is 14.4 Å². The predicted molar refractivity (Wildman–Crippen MR) is 307 cm³/mol. The molecule has 71 heavy (non-hydrogen) atoms. The summed E-state index contributed by atoms with van der Waals surface area (Å²) in [6.45, 7) is 6.52. The van der Waals surface area contributed by atoms with Gasteiger partial charge in [0.1, 0.15) is 13.2 Å². The van der Waals surface area contributed by atoms with Crippen molar-refractivity contribution >= 4 is 17.9 Å². The fourth-order valence-electron chi connectivity index (χ4n) is 8.04. The quantitative estimate of drug-likeness (QED) is 0.0261. The lowest BCUT2D eigenvalue weighted by molar-refractivity contribution is -0.166. The summed E-state index contributed by atoms with van der Waals surface area (Å²) in [4.78, 5) is 38.2. The van der Waals surface area contributed by atoms with Crippen molar-refractivity contribution in [2.24, 2.45) is 0 Å². The molecule has 0 saturated heterocycles. The zero-order valence-corrected chi connectivity index (χ0v) is 46.5. The average molecular weight is 988 g/mol. The molecule has 0 aliphatic rings. The molecule has 0 amide bonds. The maximum atomic E-state index is 12.9. The first-order valence-corrected chi connectivity index (χ1v) is 29.7. The molecule has 1 atom stereocenters. The second-order valence-corrected chi connectivity index (χ2v) is 19.5. The molecule has 0 fully saturated rings. The summed E-state index contributed by atoms with van der Waals surface area (Å²) >= 11 is 0. The highest BCUT2D eigenvalue weighted by atomic mass is 16.6. The van der Waals surface area contributed by atoms with E-state index in [0.29, 0.717) is 19.3 Å². The fraction of sp³-hybridized carbons (Fsp3) is 0.708. The van der Waals surface area contributed by atoms with E-state index < -0.39 is 6.10 Å². The molecule has 0 unspecified atom stereocenters. The van der Waals surface area contributed by atoms with Gasteiger partial charge in [0.05, 0.1) is 0 Å². The minimum Gasteiger partial charge on any atom is -0.462 e. The summed E-state index contributed by atoms with van der Waals surface area (Å²) in [5.41, 5.74) is 0. The van der Waals surface area contributed by atoms with Gasteiger partial charge in [-0.1, -0.05) is 240 Å². The summed E-state index contributed by atoms with van der Waals surface area (Å²) in [5.74, 6) is -1.00. The molecule has 406 valence electrons. The molecule has 0 aliphatic heterocycles. The molecule has 0 radical (unpaired) electrons. The van der Waals surface area contributed by atoms with Crippen LogP contribution in [0.1, 0.15) is 278 Å². The molecular weight excluding hydrogens is 877 g/mol. The standard InChI is InChI=1S/C65H110O6/c1-4-7-10-13-16-19-22-25-28-30-32-34-37-40-43-46-49-52-55-58-64(67)70-61-62(60-69-63(66)57-54-51-48-45-42-39-36-27-24-21-18-15-12-9-6-3)71-65(68)59-56-53-50-47-44-41-38-35-33-31-29-26-23-20-17-14-11-8-5-2/h16,18-19,21,25-29,32,34,36,40,43,49,52,62H,4-15,17,20,22-24,30-31,33,35,37-39,41-42,44-48,50-51,53-61H2,1-3H3/b19-16-,21-18-,28-25-,29-26-,34-32-,36-27-,43-40-,52-49-/t62-/m0/s1. The average Bonchev–Trinajstić information content (AvgIpc) is 3.37. The van der Waals surface area contributed by atoms with Gasteiger partial charge < -0.3 is 14.2 Å². The summed E-state index contributed by atoms with van der Waals surface area (Å²) in [6, 6.07) is 0. The molecule has 0 N–H and O–H groups in total. The third-order valence-electron chi connectivity index (χ3n) is 12.5. The summed E-state index contributed by atoms with van der Waals surface area (Å²) < 4.78 is 16.8. The van der Waals surface area contributed by atoms with Gasteiger partial charge in [0.15, 0.2) is 6.10 Å². The van der Waals surface area contributed by atoms with Crippen LogP contribution in [-0.4, -0.2) is 37.2 Å². The van der Waals surface area contributed by atoms with E-state index in [1.165, 1.54) is 141 Å². The Hall–Kier alpha value is -3.67. The van der Waals surface area contributed by atoms with Crippen molar-refractivity contribution in [2.75, 3.05) is 13.2 Å². The smallest absolute Gasteiger partial charge is 0.306 e. The maximum Gasteiger partial charge on any atom is 0.306 e. The van der Waals surface area contributed by atoms with E-state index in [4.69, 9.17) is 14.2 Å². The van der Waals surface area contributed by atoms with Gasteiger partial charge >= 0.3 is 17.9 Å². The first kappa shape index (κ1) is 67.3. The van der Waals surface area contributed by atoms with Crippen LogP contribution in [0, 0.1) is 0 Å². The number of allylic oxidation sites excluding steroid dienone is 16. The lowest BCUT2D eigenvalue weighted by atomic mass is 10.1. The normalized spacial score (nSPS) is 12.8. The number of hydrogen-bond donors (Lipinski definition) is 0. The van der Waals surface area contributed by atoms with Gasteiger partial charge in [0, 0.05) is 19.3 Å². The van der Waals surface area contributed by atoms with E-state index in [9.17, 15) is 14.4 Å². The molecule has 0 aromatic heterocycles. The Bertz CT molecular complexity index is 1410. The number of carbonyl (C=O) groups is 3. The van der Waals surface area contributed by atoms with Crippen LogP contribution in [-0.2, 0) is 28.6 Å². The topological polar surface area (TPSA) is 78.9 Å². The molecular formula is C65H110O6. The third kappa shape index (κ3) is 57.1. The molecule has 0 heterocycles. The van der Waals surface area contributed by atoms with E-state index in [2.05, 4.69) is 112 Å². The van der Waals surface area contributed by atoms with Crippen LogP contribution in [0.15, 0.2) is 97.2 Å². The van der Waals surface area contributed by atoms with E-state index in [1.54, 1.807) is 0 Å². The number of carbonyl (C=O) groups excluding carboxylic acids is 3. The van der Waals surface area contributed by atoms with Gasteiger partial charge in [-0.15, -0.1) is 0 Å². The Kier molecular flexibility index (Phi) is 55.9. The molecule has 0 bridgehead atoms. The molecule has 0 rings (SSSR count). The largest absolute Gasteiger partial charge is 0.462 e. The lowest BCUT2D eigenvalue weighted by Crippen LogP contribution is -2.30. The molecule has 0 aromatic rings. The maximum absolute atomic E-state index is 12.9. The molecule has 6 nitrogen and oxygen atoms in total. The van der Waals surface area contributed by atoms with Crippen molar-refractivity contribution in [1.82, 2.24) is 0 Å². The lowest BCUT2D eigenvalue weighted by Gasteiger charge is -2.18. The number of unbranched alkanes of at least 4 members (excludes halogenated alkanes) is 26. The molecule has 0 aliphatic carbocycles. The van der Waals surface area contributed by atoms with Gasteiger partial charge in [0.2, 0.25) is 0 Å².